The third-order valence-electron chi connectivity index (χ3n) is 3.06. The van der Waals surface area contributed by atoms with Gasteiger partial charge in [0, 0.05) is 7.05 Å². The number of nitrogens with zero attached hydrogens (tertiary/aromatic N) is 1. The van der Waals surface area contributed by atoms with Gasteiger partial charge in [-0.1, -0.05) is 6.07 Å². The first-order valence-corrected chi connectivity index (χ1v) is 6.19. The summed E-state index contributed by atoms with van der Waals surface area (Å²) in [6.07, 6.45) is 0.0821. The Morgan fingerprint density at radius 1 is 1.39 bits per heavy atom. The molecule has 1 aromatic rings. The smallest absolute Gasteiger partial charge is 0.144 e. The molecule has 18 heavy (non-hydrogen) atoms. The van der Waals surface area contributed by atoms with E-state index in [1.165, 1.54) is 0 Å². The van der Waals surface area contributed by atoms with E-state index in [2.05, 4.69) is 0 Å². The highest BCUT2D eigenvalue weighted by atomic mass is 16.5. The molecule has 4 heteroatoms. The SMILES string of the molecule is CC(C)Oc1cccc(N(C)C(C)(C)CO)c1N. The van der Waals surface area contributed by atoms with Crippen LogP contribution in [0.3, 0.4) is 0 Å². The fraction of sp³-hybridized carbons (Fsp3) is 0.571. The van der Waals surface area contributed by atoms with Crippen LogP contribution in [0.2, 0.25) is 0 Å². The normalized spacial score (nSPS) is 11.7. The molecule has 102 valence electrons. The minimum absolute atomic E-state index is 0.0538. The number of nitrogens with two attached hydrogens (primary N) is 1. The van der Waals surface area contributed by atoms with Crippen LogP contribution in [0, 0.1) is 0 Å². The van der Waals surface area contributed by atoms with Gasteiger partial charge in [-0.25, -0.2) is 0 Å². The van der Waals surface area contributed by atoms with Gasteiger partial charge in [0.1, 0.15) is 5.75 Å². The Kier molecular flexibility index (Phi) is 4.46. The van der Waals surface area contributed by atoms with E-state index in [0.717, 1.165) is 5.69 Å². The Balaban J connectivity index is 3.11. The minimum atomic E-state index is -0.370. The summed E-state index contributed by atoms with van der Waals surface area (Å²) in [5.41, 5.74) is 7.24. The van der Waals surface area contributed by atoms with E-state index < -0.39 is 0 Å². The molecule has 1 aromatic carbocycles. The second-order valence-electron chi connectivity index (χ2n) is 5.39. The molecule has 0 amide bonds. The molecule has 0 saturated heterocycles. The molecule has 0 spiro atoms. The standard InChI is InChI=1S/C14H24N2O2/c1-10(2)18-12-8-6-7-11(13(12)15)16(5)14(3,4)9-17/h6-8,10,17H,9,15H2,1-5H3. The van der Waals surface area contributed by atoms with Crippen molar-refractivity contribution in [1.29, 1.82) is 0 Å². The molecule has 4 nitrogen and oxygen atoms in total. The summed E-state index contributed by atoms with van der Waals surface area (Å²) in [6.45, 7) is 7.91. The van der Waals surface area contributed by atoms with Crippen molar-refractivity contribution in [2.75, 3.05) is 24.3 Å². The monoisotopic (exact) mass is 252 g/mol. The third-order valence-corrected chi connectivity index (χ3v) is 3.06. The van der Waals surface area contributed by atoms with Gasteiger partial charge in [-0.15, -0.1) is 0 Å². The minimum Gasteiger partial charge on any atom is -0.489 e. The van der Waals surface area contributed by atoms with Crippen molar-refractivity contribution in [2.24, 2.45) is 0 Å². The van der Waals surface area contributed by atoms with Gasteiger partial charge in [0.05, 0.1) is 29.6 Å². The maximum absolute atomic E-state index is 9.42. The van der Waals surface area contributed by atoms with E-state index in [4.69, 9.17) is 10.5 Å². The first kappa shape index (κ1) is 14.6. The Morgan fingerprint density at radius 3 is 2.50 bits per heavy atom. The largest absolute Gasteiger partial charge is 0.489 e. The molecular weight excluding hydrogens is 228 g/mol. The van der Waals surface area contributed by atoms with Gasteiger partial charge < -0.3 is 20.5 Å². The lowest BCUT2D eigenvalue weighted by Gasteiger charge is -2.36. The number of nitrogen functional groups attached to an aromatic ring is 1. The number of anilines is 2. The lowest BCUT2D eigenvalue weighted by Crippen LogP contribution is -2.44. The van der Waals surface area contributed by atoms with Crippen molar-refractivity contribution in [2.45, 2.75) is 39.3 Å². The fourth-order valence-electron chi connectivity index (χ4n) is 1.61. The quantitative estimate of drug-likeness (QED) is 0.789. The zero-order valence-electron chi connectivity index (χ0n) is 11.9. The average molecular weight is 252 g/mol. The maximum atomic E-state index is 9.42. The van der Waals surface area contributed by atoms with E-state index in [-0.39, 0.29) is 18.2 Å². The Hall–Kier alpha value is -1.42. The van der Waals surface area contributed by atoms with Crippen molar-refractivity contribution in [3.05, 3.63) is 18.2 Å². The van der Waals surface area contributed by atoms with Crippen molar-refractivity contribution in [3.63, 3.8) is 0 Å². The van der Waals surface area contributed by atoms with Crippen LogP contribution >= 0.6 is 0 Å². The van der Waals surface area contributed by atoms with E-state index in [9.17, 15) is 5.11 Å². The van der Waals surface area contributed by atoms with Crippen molar-refractivity contribution >= 4 is 11.4 Å². The number of ether oxygens (including phenoxy) is 1. The summed E-state index contributed by atoms with van der Waals surface area (Å²) in [4.78, 5) is 1.97. The summed E-state index contributed by atoms with van der Waals surface area (Å²) in [5.74, 6) is 0.683. The number of benzene rings is 1. The van der Waals surface area contributed by atoms with Crippen LogP contribution in [-0.4, -0.2) is 30.4 Å². The maximum Gasteiger partial charge on any atom is 0.144 e. The van der Waals surface area contributed by atoms with Crippen molar-refractivity contribution < 1.29 is 9.84 Å². The van der Waals surface area contributed by atoms with Crippen LogP contribution in [0.15, 0.2) is 18.2 Å². The van der Waals surface area contributed by atoms with Crippen LogP contribution in [-0.2, 0) is 0 Å². The molecule has 0 aromatic heterocycles. The van der Waals surface area contributed by atoms with E-state index >= 15 is 0 Å². The van der Waals surface area contributed by atoms with Crippen LogP contribution in [0.25, 0.3) is 0 Å². The molecule has 0 saturated carbocycles. The van der Waals surface area contributed by atoms with Crippen LogP contribution in [0.1, 0.15) is 27.7 Å². The molecule has 1 rings (SSSR count). The first-order chi connectivity index (χ1) is 8.29. The number of likely N-dealkylation sites (N-methyl/N-ethyl adjacent to an activating group) is 1. The fourth-order valence-corrected chi connectivity index (χ4v) is 1.61. The summed E-state index contributed by atoms with van der Waals surface area (Å²) in [5, 5.41) is 9.42. The molecule has 0 aliphatic rings. The summed E-state index contributed by atoms with van der Waals surface area (Å²) in [6, 6.07) is 5.70. The molecule has 0 atom stereocenters. The summed E-state index contributed by atoms with van der Waals surface area (Å²) >= 11 is 0. The predicted octanol–water partition coefficient (Wildman–Crippen LogP) is 2.26. The number of aliphatic hydroxyl groups is 1. The Morgan fingerprint density at radius 2 is 2.00 bits per heavy atom. The van der Waals surface area contributed by atoms with Gasteiger partial charge in [0.2, 0.25) is 0 Å². The first-order valence-electron chi connectivity index (χ1n) is 6.19. The van der Waals surface area contributed by atoms with Gasteiger partial charge in [-0.05, 0) is 39.8 Å². The number of hydrogen-bond acceptors (Lipinski definition) is 4. The average Bonchev–Trinajstić information content (AvgIpc) is 2.30. The highest BCUT2D eigenvalue weighted by molar-refractivity contribution is 5.74. The second kappa shape index (κ2) is 5.48. The summed E-state index contributed by atoms with van der Waals surface area (Å²) < 4.78 is 5.67. The van der Waals surface area contributed by atoms with Gasteiger partial charge in [0.15, 0.2) is 0 Å². The lowest BCUT2D eigenvalue weighted by atomic mass is 10.0. The molecule has 0 aliphatic carbocycles. The molecule has 0 unspecified atom stereocenters. The van der Waals surface area contributed by atoms with E-state index in [1.54, 1.807) is 0 Å². The number of para-hydroxylation sites is 1. The number of rotatable bonds is 5. The number of hydrogen-bond donors (Lipinski definition) is 2. The zero-order chi connectivity index (χ0) is 13.9. The van der Waals surface area contributed by atoms with Gasteiger partial charge in [-0.2, -0.15) is 0 Å². The highest BCUT2D eigenvalue weighted by Gasteiger charge is 2.25. The number of aliphatic hydroxyl groups excluding tert-OH is 1. The molecular formula is C14H24N2O2. The zero-order valence-corrected chi connectivity index (χ0v) is 11.9. The van der Waals surface area contributed by atoms with Crippen LogP contribution in [0.4, 0.5) is 11.4 Å². The van der Waals surface area contributed by atoms with Gasteiger partial charge >= 0.3 is 0 Å². The van der Waals surface area contributed by atoms with E-state index in [1.807, 2.05) is 57.8 Å². The molecule has 0 fully saturated rings. The molecule has 0 bridgehead atoms. The van der Waals surface area contributed by atoms with Crippen LogP contribution in [0.5, 0.6) is 5.75 Å². The topological polar surface area (TPSA) is 58.7 Å². The van der Waals surface area contributed by atoms with Gasteiger partial charge in [-0.3, -0.25) is 0 Å². The highest BCUT2D eigenvalue weighted by Crippen LogP contribution is 2.35. The third kappa shape index (κ3) is 3.07. The molecule has 0 radical (unpaired) electrons. The molecule has 3 N–H and O–H groups in total. The van der Waals surface area contributed by atoms with Crippen molar-refractivity contribution in [3.8, 4) is 5.75 Å². The van der Waals surface area contributed by atoms with E-state index in [0.29, 0.717) is 11.4 Å². The summed E-state index contributed by atoms with van der Waals surface area (Å²) in [7, 11) is 1.92. The van der Waals surface area contributed by atoms with Crippen molar-refractivity contribution in [1.82, 2.24) is 0 Å². The van der Waals surface area contributed by atoms with Gasteiger partial charge in [0.25, 0.3) is 0 Å². The second-order valence-corrected chi connectivity index (χ2v) is 5.39. The molecule has 0 aliphatic heterocycles. The Labute approximate surface area is 109 Å². The van der Waals surface area contributed by atoms with Crippen LogP contribution < -0.4 is 15.4 Å². The predicted molar refractivity (Wildman–Crippen MR) is 76.2 cm³/mol. The molecule has 0 heterocycles. The lowest BCUT2D eigenvalue weighted by molar-refractivity contribution is 0.216. The Bertz CT molecular complexity index is 403.